The number of carboxylic acid groups (broad SMARTS) is 1. The number of carboxylic acids is 1. The third-order valence-corrected chi connectivity index (χ3v) is 3.71. The Hall–Kier alpha value is -1.59. The van der Waals surface area contributed by atoms with Crippen molar-refractivity contribution in [2.45, 2.75) is 13.5 Å². The molecule has 0 aliphatic heterocycles. The Morgan fingerprint density at radius 1 is 1.53 bits per heavy atom. The average Bonchev–Trinajstić information content (AvgIpc) is 2.88. The Morgan fingerprint density at radius 2 is 2.32 bits per heavy atom. The summed E-state index contributed by atoms with van der Waals surface area (Å²) in [6, 6.07) is 6.93. The summed E-state index contributed by atoms with van der Waals surface area (Å²) in [7, 11) is 0. The van der Waals surface area contributed by atoms with Crippen LogP contribution < -0.4 is 4.90 Å². The lowest BCUT2D eigenvalue weighted by molar-refractivity contribution is 0.0697. The molecule has 19 heavy (non-hydrogen) atoms. The number of hydrogen-bond acceptors (Lipinski definition) is 4. The molecule has 0 spiro atoms. The molecular weight excluding hydrogens is 284 g/mol. The summed E-state index contributed by atoms with van der Waals surface area (Å²) in [4.78, 5) is 18.4. The topological polar surface area (TPSA) is 53.4 Å². The number of halogens is 1. The molecule has 2 rings (SSSR count). The van der Waals surface area contributed by atoms with E-state index < -0.39 is 5.97 Å². The predicted molar refractivity (Wildman–Crippen MR) is 77.2 cm³/mol. The maximum atomic E-state index is 11.0. The van der Waals surface area contributed by atoms with E-state index in [0.717, 1.165) is 6.54 Å². The van der Waals surface area contributed by atoms with Crippen molar-refractivity contribution in [1.29, 1.82) is 0 Å². The van der Waals surface area contributed by atoms with E-state index in [2.05, 4.69) is 4.98 Å². The number of hydrogen-bond donors (Lipinski definition) is 1. The Kier molecular flexibility index (Phi) is 4.39. The van der Waals surface area contributed by atoms with Crippen molar-refractivity contribution < 1.29 is 9.90 Å². The number of aromatic nitrogens is 1. The van der Waals surface area contributed by atoms with Crippen molar-refractivity contribution in [3.63, 3.8) is 0 Å². The van der Waals surface area contributed by atoms with Gasteiger partial charge < -0.3 is 10.0 Å². The Balaban J connectivity index is 2.29. The summed E-state index contributed by atoms with van der Waals surface area (Å²) < 4.78 is 0. The van der Waals surface area contributed by atoms with Gasteiger partial charge in [0.05, 0.1) is 12.1 Å². The zero-order chi connectivity index (χ0) is 13.8. The van der Waals surface area contributed by atoms with E-state index in [1.165, 1.54) is 10.9 Å². The zero-order valence-electron chi connectivity index (χ0n) is 10.3. The van der Waals surface area contributed by atoms with Crippen LogP contribution in [0.1, 0.15) is 22.2 Å². The third kappa shape index (κ3) is 3.45. The van der Waals surface area contributed by atoms with Gasteiger partial charge in [-0.25, -0.2) is 9.78 Å². The van der Waals surface area contributed by atoms with E-state index in [0.29, 0.717) is 12.4 Å². The molecule has 0 radical (unpaired) electrons. The summed E-state index contributed by atoms with van der Waals surface area (Å²) in [6.07, 6.45) is 0. The van der Waals surface area contributed by atoms with Gasteiger partial charge in [0.1, 0.15) is 11.0 Å². The van der Waals surface area contributed by atoms with Crippen molar-refractivity contribution in [2.24, 2.45) is 0 Å². The molecule has 0 saturated carbocycles. The van der Waals surface area contributed by atoms with Gasteiger partial charge in [0.2, 0.25) is 0 Å². The van der Waals surface area contributed by atoms with Crippen LogP contribution >= 0.6 is 22.9 Å². The maximum Gasteiger partial charge on any atom is 0.335 e. The fourth-order valence-corrected chi connectivity index (χ4v) is 2.64. The zero-order valence-corrected chi connectivity index (χ0v) is 11.9. The SMILES string of the molecule is CCN(Cc1cccs1)c1cc(C(=O)O)cc(Cl)n1. The number of nitrogens with zero attached hydrogens (tertiary/aromatic N) is 2. The van der Waals surface area contributed by atoms with Crippen LogP contribution in [-0.2, 0) is 6.54 Å². The second kappa shape index (κ2) is 6.04. The van der Waals surface area contributed by atoms with Gasteiger partial charge in [-0.3, -0.25) is 0 Å². The minimum absolute atomic E-state index is 0.152. The van der Waals surface area contributed by atoms with Crippen LogP contribution in [0.5, 0.6) is 0 Å². The normalized spacial score (nSPS) is 10.4. The van der Waals surface area contributed by atoms with Crippen LogP contribution in [0.2, 0.25) is 5.15 Å². The maximum absolute atomic E-state index is 11.0. The molecule has 1 N–H and O–H groups in total. The summed E-state index contributed by atoms with van der Waals surface area (Å²) in [6.45, 7) is 3.42. The van der Waals surface area contributed by atoms with Gasteiger partial charge in [-0.15, -0.1) is 11.3 Å². The van der Waals surface area contributed by atoms with Crippen molar-refractivity contribution in [3.8, 4) is 0 Å². The van der Waals surface area contributed by atoms with Gasteiger partial charge in [-0.05, 0) is 30.5 Å². The largest absolute Gasteiger partial charge is 0.478 e. The molecule has 2 heterocycles. The molecular formula is C13H13ClN2O2S. The smallest absolute Gasteiger partial charge is 0.335 e. The summed E-state index contributed by atoms with van der Waals surface area (Å²) in [5, 5.41) is 11.2. The van der Waals surface area contributed by atoms with Crippen molar-refractivity contribution in [2.75, 3.05) is 11.4 Å². The van der Waals surface area contributed by atoms with Crippen molar-refractivity contribution in [3.05, 3.63) is 45.2 Å². The first kappa shape index (κ1) is 13.8. The van der Waals surface area contributed by atoms with E-state index in [-0.39, 0.29) is 10.7 Å². The first-order valence-corrected chi connectivity index (χ1v) is 7.04. The van der Waals surface area contributed by atoms with E-state index in [1.807, 2.05) is 29.3 Å². The molecule has 100 valence electrons. The average molecular weight is 297 g/mol. The standard InChI is InChI=1S/C13H13ClN2O2S/c1-2-16(8-10-4-3-5-19-10)12-7-9(13(17)18)6-11(14)15-12/h3-7H,2,8H2,1H3,(H,17,18). The lowest BCUT2D eigenvalue weighted by atomic mass is 10.2. The number of carbonyl (C=O) groups is 1. The van der Waals surface area contributed by atoms with Crippen molar-refractivity contribution in [1.82, 2.24) is 4.98 Å². The molecule has 0 bridgehead atoms. The van der Waals surface area contributed by atoms with Gasteiger partial charge in [0.15, 0.2) is 0 Å². The number of aromatic carboxylic acids is 1. The van der Waals surface area contributed by atoms with Crippen LogP contribution in [0.4, 0.5) is 5.82 Å². The summed E-state index contributed by atoms with van der Waals surface area (Å²) in [5.41, 5.74) is 0.152. The van der Waals surface area contributed by atoms with Crippen LogP contribution in [0.25, 0.3) is 0 Å². The van der Waals surface area contributed by atoms with E-state index >= 15 is 0 Å². The number of thiophene rings is 1. The van der Waals surface area contributed by atoms with Gasteiger partial charge in [0, 0.05) is 11.4 Å². The predicted octanol–water partition coefficient (Wildman–Crippen LogP) is 3.52. The fourth-order valence-electron chi connectivity index (χ4n) is 1.71. The van der Waals surface area contributed by atoms with Gasteiger partial charge in [0.25, 0.3) is 0 Å². The van der Waals surface area contributed by atoms with Gasteiger partial charge in [-0.1, -0.05) is 17.7 Å². The lowest BCUT2D eigenvalue weighted by Crippen LogP contribution is -2.23. The monoisotopic (exact) mass is 296 g/mol. The molecule has 0 aromatic carbocycles. The molecule has 4 nitrogen and oxygen atoms in total. The third-order valence-electron chi connectivity index (χ3n) is 2.66. The fraction of sp³-hybridized carbons (Fsp3) is 0.231. The van der Waals surface area contributed by atoms with Crippen LogP contribution in [0, 0.1) is 0 Å². The molecule has 2 aromatic heterocycles. The van der Waals surface area contributed by atoms with Gasteiger partial charge >= 0.3 is 5.97 Å². The highest BCUT2D eigenvalue weighted by molar-refractivity contribution is 7.09. The quantitative estimate of drug-likeness (QED) is 0.858. The summed E-state index contributed by atoms with van der Waals surface area (Å²) >= 11 is 7.54. The van der Waals surface area contributed by atoms with Crippen molar-refractivity contribution >= 4 is 34.7 Å². The highest BCUT2D eigenvalue weighted by atomic mass is 35.5. The van der Waals surface area contributed by atoms with E-state index in [1.54, 1.807) is 17.4 Å². The second-order valence-electron chi connectivity index (χ2n) is 3.94. The Morgan fingerprint density at radius 3 is 2.89 bits per heavy atom. The van der Waals surface area contributed by atoms with Gasteiger partial charge in [-0.2, -0.15) is 0 Å². The lowest BCUT2D eigenvalue weighted by Gasteiger charge is -2.21. The van der Waals surface area contributed by atoms with E-state index in [4.69, 9.17) is 16.7 Å². The molecule has 0 aliphatic rings. The molecule has 0 aliphatic carbocycles. The first-order chi connectivity index (χ1) is 9.10. The highest BCUT2D eigenvalue weighted by Crippen LogP contribution is 2.21. The molecule has 0 atom stereocenters. The Labute approximate surface area is 120 Å². The molecule has 0 saturated heterocycles. The number of anilines is 1. The Bertz CT molecular complexity index is 572. The molecule has 0 unspecified atom stereocenters. The van der Waals surface area contributed by atoms with Crippen LogP contribution in [0.15, 0.2) is 29.6 Å². The van der Waals surface area contributed by atoms with Crippen LogP contribution in [-0.4, -0.2) is 22.6 Å². The number of rotatable bonds is 5. The molecule has 0 fully saturated rings. The highest BCUT2D eigenvalue weighted by Gasteiger charge is 2.12. The summed E-state index contributed by atoms with van der Waals surface area (Å²) in [5.74, 6) is -0.418. The minimum Gasteiger partial charge on any atom is -0.478 e. The van der Waals surface area contributed by atoms with E-state index in [9.17, 15) is 4.79 Å². The molecule has 2 aromatic rings. The second-order valence-corrected chi connectivity index (χ2v) is 5.35. The van der Waals surface area contributed by atoms with Crippen LogP contribution in [0.3, 0.4) is 0 Å². The molecule has 0 amide bonds. The minimum atomic E-state index is -1.00. The molecule has 6 heteroatoms. The first-order valence-electron chi connectivity index (χ1n) is 5.78. The number of pyridine rings is 1.